The molecule has 20 heavy (non-hydrogen) atoms. The first-order valence-electron chi connectivity index (χ1n) is 6.96. The summed E-state index contributed by atoms with van der Waals surface area (Å²) in [5, 5.41) is 9.45. The van der Waals surface area contributed by atoms with Gasteiger partial charge in [-0.1, -0.05) is 13.8 Å². The molecule has 0 fully saturated rings. The summed E-state index contributed by atoms with van der Waals surface area (Å²) >= 11 is 0. The number of rotatable bonds is 2. The number of nitrogens with two attached hydrogens (primary N) is 1. The van der Waals surface area contributed by atoms with Crippen LogP contribution in [0.25, 0.3) is 11.0 Å². The molecular formula is C16H20N4. The molecule has 104 valence electrons. The SMILES string of the molecule is CC1(C)CCC(C(=N)c2cnc3[nH]ccc3c2)=C(N)C1. The Bertz CT molecular complexity index is 706. The zero-order chi connectivity index (χ0) is 14.3. The van der Waals surface area contributed by atoms with Crippen LogP contribution in [0.2, 0.25) is 0 Å². The van der Waals surface area contributed by atoms with Crippen molar-refractivity contribution in [3.05, 3.63) is 41.4 Å². The van der Waals surface area contributed by atoms with Crippen molar-refractivity contribution in [2.75, 3.05) is 0 Å². The van der Waals surface area contributed by atoms with Crippen molar-refractivity contribution < 1.29 is 0 Å². The average molecular weight is 268 g/mol. The van der Waals surface area contributed by atoms with Crippen LogP contribution in [0.5, 0.6) is 0 Å². The van der Waals surface area contributed by atoms with E-state index in [4.69, 9.17) is 11.1 Å². The van der Waals surface area contributed by atoms with Crippen LogP contribution in [0.15, 0.2) is 35.8 Å². The fourth-order valence-electron chi connectivity index (χ4n) is 2.87. The Morgan fingerprint density at radius 2 is 2.25 bits per heavy atom. The smallest absolute Gasteiger partial charge is 0.137 e. The summed E-state index contributed by atoms with van der Waals surface area (Å²) in [6.45, 7) is 4.46. The van der Waals surface area contributed by atoms with Crippen LogP contribution in [0, 0.1) is 10.8 Å². The number of hydrogen-bond donors (Lipinski definition) is 3. The number of nitrogens with zero attached hydrogens (tertiary/aromatic N) is 1. The average Bonchev–Trinajstić information content (AvgIpc) is 2.84. The molecule has 0 saturated heterocycles. The van der Waals surface area contributed by atoms with Crippen molar-refractivity contribution in [1.29, 1.82) is 5.41 Å². The molecule has 0 amide bonds. The summed E-state index contributed by atoms with van der Waals surface area (Å²) in [6, 6.07) is 3.97. The van der Waals surface area contributed by atoms with Crippen molar-refractivity contribution in [1.82, 2.24) is 9.97 Å². The molecule has 0 saturated carbocycles. The summed E-state index contributed by atoms with van der Waals surface area (Å²) in [5.41, 5.74) is 10.5. The van der Waals surface area contributed by atoms with Gasteiger partial charge in [-0.05, 0) is 42.4 Å². The van der Waals surface area contributed by atoms with E-state index in [9.17, 15) is 0 Å². The summed E-state index contributed by atoms with van der Waals surface area (Å²) in [6.07, 6.45) is 6.43. The molecule has 1 aliphatic carbocycles. The van der Waals surface area contributed by atoms with Gasteiger partial charge in [-0.25, -0.2) is 4.98 Å². The van der Waals surface area contributed by atoms with E-state index in [0.717, 1.165) is 47.1 Å². The predicted octanol–water partition coefficient (Wildman–Crippen LogP) is 3.35. The highest BCUT2D eigenvalue weighted by atomic mass is 14.8. The van der Waals surface area contributed by atoms with E-state index in [0.29, 0.717) is 5.71 Å². The molecule has 2 aromatic heterocycles. The number of pyridine rings is 1. The molecule has 0 unspecified atom stereocenters. The van der Waals surface area contributed by atoms with Crippen LogP contribution in [-0.2, 0) is 0 Å². The number of fused-ring (bicyclic) bond motifs is 1. The van der Waals surface area contributed by atoms with Gasteiger partial charge in [-0.15, -0.1) is 0 Å². The van der Waals surface area contributed by atoms with Crippen LogP contribution in [-0.4, -0.2) is 15.7 Å². The van der Waals surface area contributed by atoms with Gasteiger partial charge in [0.1, 0.15) is 5.65 Å². The third kappa shape index (κ3) is 2.22. The van der Waals surface area contributed by atoms with E-state index in [2.05, 4.69) is 23.8 Å². The molecule has 2 heterocycles. The molecule has 4 nitrogen and oxygen atoms in total. The molecule has 4 heteroatoms. The Labute approximate surface area is 118 Å². The summed E-state index contributed by atoms with van der Waals surface area (Å²) < 4.78 is 0. The van der Waals surface area contributed by atoms with Gasteiger partial charge in [0.2, 0.25) is 0 Å². The molecular weight excluding hydrogens is 248 g/mol. The van der Waals surface area contributed by atoms with Gasteiger partial charge in [0.25, 0.3) is 0 Å². The maximum Gasteiger partial charge on any atom is 0.137 e. The fourth-order valence-corrected chi connectivity index (χ4v) is 2.87. The Balaban J connectivity index is 1.96. The molecule has 0 atom stereocenters. The van der Waals surface area contributed by atoms with Gasteiger partial charge in [0.15, 0.2) is 0 Å². The number of allylic oxidation sites excluding steroid dienone is 2. The fraction of sp³-hybridized carbons (Fsp3) is 0.375. The molecule has 0 spiro atoms. The Morgan fingerprint density at radius 3 is 3.00 bits per heavy atom. The van der Waals surface area contributed by atoms with Gasteiger partial charge in [0, 0.05) is 29.0 Å². The molecule has 2 aromatic rings. The lowest BCUT2D eigenvalue weighted by Crippen LogP contribution is -2.25. The zero-order valence-electron chi connectivity index (χ0n) is 12.0. The lowest BCUT2D eigenvalue weighted by atomic mass is 9.75. The lowest BCUT2D eigenvalue weighted by Gasteiger charge is -2.31. The van der Waals surface area contributed by atoms with Crippen molar-refractivity contribution in [2.45, 2.75) is 33.1 Å². The second-order valence-corrected chi connectivity index (χ2v) is 6.36. The molecule has 3 rings (SSSR count). The van der Waals surface area contributed by atoms with Gasteiger partial charge >= 0.3 is 0 Å². The number of aromatic nitrogens is 2. The van der Waals surface area contributed by atoms with E-state index < -0.39 is 0 Å². The van der Waals surface area contributed by atoms with E-state index in [1.54, 1.807) is 6.20 Å². The van der Waals surface area contributed by atoms with E-state index >= 15 is 0 Å². The highest BCUT2D eigenvalue weighted by Crippen LogP contribution is 2.37. The number of hydrogen-bond acceptors (Lipinski definition) is 3. The Morgan fingerprint density at radius 1 is 1.45 bits per heavy atom. The van der Waals surface area contributed by atoms with E-state index in [1.165, 1.54) is 0 Å². The third-order valence-electron chi connectivity index (χ3n) is 4.10. The summed E-state index contributed by atoms with van der Waals surface area (Å²) in [4.78, 5) is 7.42. The molecule has 0 aromatic carbocycles. The van der Waals surface area contributed by atoms with Crippen molar-refractivity contribution >= 4 is 16.7 Å². The number of nitrogens with one attached hydrogen (secondary N) is 2. The first-order chi connectivity index (χ1) is 9.46. The van der Waals surface area contributed by atoms with Gasteiger partial charge in [0.05, 0.1) is 5.71 Å². The minimum atomic E-state index is 0.247. The second-order valence-electron chi connectivity index (χ2n) is 6.36. The monoisotopic (exact) mass is 268 g/mol. The Hall–Kier alpha value is -2.10. The van der Waals surface area contributed by atoms with Gasteiger partial charge < -0.3 is 10.7 Å². The van der Waals surface area contributed by atoms with Crippen molar-refractivity contribution in [3.8, 4) is 0 Å². The minimum Gasteiger partial charge on any atom is -0.402 e. The lowest BCUT2D eigenvalue weighted by molar-refractivity contribution is 0.315. The third-order valence-corrected chi connectivity index (χ3v) is 4.10. The first-order valence-corrected chi connectivity index (χ1v) is 6.96. The zero-order valence-corrected chi connectivity index (χ0v) is 12.0. The standard InChI is InChI=1S/C16H20N4/c1-16(2)5-3-12(13(17)8-16)14(18)11-7-10-4-6-19-15(10)20-9-11/h4,6-7,9,18H,3,5,8,17H2,1-2H3,(H,19,20). The van der Waals surface area contributed by atoms with Crippen LogP contribution in [0.1, 0.15) is 38.7 Å². The maximum atomic E-state index is 8.42. The highest BCUT2D eigenvalue weighted by molar-refractivity contribution is 6.12. The molecule has 0 radical (unpaired) electrons. The van der Waals surface area contributed by atoms with Gasteiger partial charge in [-0.3, -0.25) is 5.41 Å². The van der Waals surface area contributed by atoms with Gasteiger partial charge in [-0.2, -0.15) is 0 Å². The van der Waals surface area contributed by atoms with Crippen LogP contribution >= 0.6 is 0 Å². The quantitative estimate of drug-likeness (QED) is 0.730. The minimum absolute atomic E-state index is 0.247. The molecule has 1 aliphatic rings. The van der Waals surface area contributed by atoms with E-state index in [-0.39, 0.29) is 5.41 Å². The van der Waals surface area contributed by atoms with Crippen LogP contribution in [0.3, 0.4) is 0 Å². The molecule has 0 bridgehead atoms. The highest BCUT2D eigenvalue weighted by Gasteiger charge is 2.27. The molecule has 0 aliphatic heterocycles. The van der Waals surface area contributed by atoms with Crippen LogP contribution < -0.4 is 5.73 Å². The summed E-state index contributed by atoms with van der Waals surface area (Å²) in [5.74, 6) is 0. The summed E-state index contributed by atoms with van der Waals surface area (Å²) in [7, 11) is 0. The second kappa shape index (κ2) is 4.47. The topological polar surface area (TPSA) is 78.5 Å². The first kappa shape index (κ1) is 12.9. The number of H-pyrrole nitrogens is 1. The number of aromatic amines is 1. The largest absolute Gasteiger partial charge is 0.402 e. The maximum absolute atomic E-state index is 8.42. The normalized spacial score (nSPS) is 18.5. The van der Waals surface area contributed by atoms with Crippen molar-refractivity contribution in [2.24, 2.45) is 11.1 Å². The van der Waals surface area contributed by atoms with Crippen molar-refractivity contribution in [3.63, 3.8) is 0 Å². The molecule has 4 N–H and O–H groups in total. The predicted molar refractivity (Wildman–Crippen MR) is 81.8 cm³/mol. The van der Waals surface area contributed by atoms with E-state index in [1.807, 2.05) is 18.3 Å². The van der Waals surface area contributed by atoms with Crippen LogP contribution in [0.4, 0.5) is 0 Å². The Kier molecular flexibility index (Phi) is 2.89.